The molecule has 1 unspecified atom stereocenters. The Balaban J connectivity index is 2.09. The molecule has 0 saturated carbocycles. The molecule has 18 heavy (non-hydrogen) atoms. The fraction of sp³-hybridized carbons (Fsp3) is 0.500. The summed E-state index contributed by atoms with van der Waals surface area (Å²) in [6, 6.07) is 8.31. The average molecular weight is 247 g/mol. The number of rotatable bonds is 3. The number of nitrogens with zero attached hydrogens (tertiary/aromatic N) is 3. The summed E-state index contributed by atoms with van der Waals surface area (Å²) in [6.45, 7) is 6.87. The lowest BCUT2D eigenvalue weighted by Gasteiger charge is -2.36. The number of halogens is 1. The first-order chi connectivity index (χ1) is 8.74. The van der Waals surface area contributed by atoms with Gasteiger partial charge in [0.05, 0.1) is 6.07 Å². The summed E-state index contributed by atoms with van der Waals surface area (Å²) in [5.41, 5.74) is 0.752. The van der Waals surface area contributed by atoms with Crippen LogP contribution in [-0.2, 0) is 0 Å². The minimum atomic E-state index is -0.334. The monoisotopic (exact) mass is 247 g/mol. The van der Waals surface area contributed by atoms with Crippen LogP contribution in [0.25, 0.3) is 0 Å². The predicted molar refractivity (Wildman–Crippen MR) is 68.4 cm³/mol. The van der Waals surface area contributed by atoms with Crippen LogP contribution >= 0.6 is 0 Å². The van der Waals surface area contributed by atoms with Crippen molar-refractivity contribution in [3.8, 4) is 6.07 Å². The van der Waals surface area contributed by atoms with Crippen molar-refractivity contribution in [1.29, 1.82) is 5.26 Å². The molecule has 0 N–H and O–H groups in total. The highest BCUT2D eigenvalue weighted by molar-refractivity contribution is 5.25. The van der Waals surface area contributed by atoms with E-state index in [0.29, 0.717) is 0 Å². The van der Waals surface area contributed by atoms with Gasteiger partial charge in [0.25, 0.3) is 0 Å². The lowest BCUT2D eigenvalue weighted by Crippen LogP contribution is -2.47. The minimum absolute atomic E-state index is 0.278. The molecule has 3 nitrogen and oxygen atoms in total. The quantitative estimate of drug-likeness (QED) is 0.818. The van der Waals surface area contributed by atoms with Gasteiger partial charge in [0.15, 0.2) is 0 Å². The standard InChI is InChI=1S/C14H18FN3/c1-2-17-6-8-18(9-7-17)14(11-16)12-4-3-5-13(15)10-12/h3-5,10,14H,2,6-9H2,1H3. The Morgan fingerprint density at radius 1 is 1.33 bits per heavy atom. The summed E-state index contributed by atoms with van der Waals surface area (Å²) in [6.07, 6.45) is 0. The topological polar surface area (TPSA) is 30.3 Å². The van der Waals surface area contributed by atoms with Gasteiger partial charge in [-0.1, -0.05) is 19.1 Å². The molecule has 2 rings (SSSR count). The van der Waals surface area contributed by atoms with E-state index in [1.807, 2.05) is 6.07 Å². The van der Waals surface area contributed by atoms with E-state index in [1.54, 1.807) is 6.07 Å². The van der Waals surface area contributed by atoms with Gasteiger partial charge < -0.3 is 4.90 Å². The van der Waals surface area contributed by atoms with Gasteiger partial charge in [-0.15, -0.1) is 0 Å². The summed E-state index contributed by atoms with van der Waals surface area (Å²) in [5, 5.41) is 9.32. The third-order valence-corrected chi connectivity index (χ3v) is 3.51. The highest BCUT2D eigenvalue weighted by atomic mass is 19.1. The van der Waals surface area contributed by atoms with E-state index in [0.717, 1.165) is 38.3 Å². The van der Waals surface area contributed by atoms with Crippen molar-refractivity contribution in [2.75, 3.05) is 32.7 Å². The van der Waals surface area contributed by atoms with E-state index in [4.69, 9.17) is 0 Å². The Kier molecular flexibility index (Phi) is 4.29. The van der Waals surface area contributed by atoms with E-state index >= 15 is 0 Å². The number of nitriles is 1. The van der Waals surface area contributed by atoms with Gasteiger partial charge in [0, 0.05) is 26.2 Å². The molecule has 1 aliphatic heterocycles. The van der Waals surface area contributed by atoms with Crippen molar-refractivity contribution >= 4 is 0 Å². The van der Waals surface area contributed by atoms with Gasteiger partial charge in [-0.05, 0) is 24.2 Å². The van der Waals surface area contributed by atoms with Crippen LogP contribution in [0, 0.1) is 17.1 Å². The van der Waals surface area contributed by atoms with Crippen molar-refractivity contribution in [2.45, 2.75) is 13.0 Å². The maximum Gasteiger partial charge on any atom is 0.124 e. The van der Waals surface area contributed by atoms with Crippen LogP contribution in [0.15, 0.2) is 24.3 Å². The first kappa shape index (κ1) is 13.0. The molecule has 96 valence electrons. The van der Waals surface area contributed by atoms with Crippen LogP contribution in [0.3, 0.4) is 0 Å². The van der Waals surface area contributed by atoms with Crippen LogP contribution in [0.4, 0.5) is 4.39 Å². The molecule has 1 fully saturated rings. The zero-order valence-corrected chi connectivity index (χ0v) is 10.6. The zero-order chi connectivity index (χ0) is 13.0. The Morgan fingerprint density at radius 3 is 2.61 bits per heavy atom. The number of benzene rings is 1. The SMILES string of the molecule is CCN1CCN(C(C#N)c2cccc(F)c2)CC1. The molecule has 0 amide bonds. The summed E-state index contributed by atoms with van der Waals surface area (Å²) < 4.78 is 13.2. The van der Waals surface area contributed by atoms with Crippen LogP contribution in [0.1, 0.15) is 18.5 Å². The van der Waals surface area contributed by atoms with Crippen molar-refractivity contribution in [3.05, 3.63) is 35.6 Å². The summed E-state index contributed by atoms with van der Waals surface area (Å²) in [4.78, 5) is 4.48. The Bertz CT molecular complexity index is 433. The maximum atomic E-state index is 13.2. The predicted octanol–water partition coefficient (Wildman–Crippen LogP) is 2.03. The first-order valence-corrected chi connectivity index (χ1v) is 6.36. The van der Waals surface area contributed by atoms with E-state index in [-0.39, 0.29) is 11.9 Å². The van der Waals surface area contributed by atoms with Gasteiger partial charge >= 0.3 is 0 Å². The van der Waals surface area contributed by atoms with Crippen molar-refractivity contribution in [2.24, 2.45) is 0 Å². The minimum Gasteiger partial charge on any atom is -0.301 e. The number of piperazine rings is 1. The van der Waals surface area contributed by atoms with E-state index in [9.17, 15) is 9.65 Å². The largest absolute Gasteiger partial charge is 0.301 e. The molecule has 0 aromatic heterocycles. The summed E-state index contributed by atoms with van der Waals surface area (Å²) >= 11 is 0. The van der Waals surface area contributed by atoms with Gasteiger partial charge in [0.2, 0.25) is 0 Å². The first-order valence-electron chi connectivity index (χ1n) is 6.36. The maximum absolute atomic E-state index is 13.2. The highest BCUT2D eigenvalue weighted by Gasteiger charge is 2.24. The number of hydrogen-bond donors (Lipinski definition) is 0. The molecular formula is C14H18FN3. The lowest BCUT2D eigenvalue weighted by atomic mass is 10.1. The molecular weight excluding hydrogens is 229 g/mol. The molecule has 1 atom stereocenters. The van der Waals surface area contributed by atoms with Crippen molar-refractivity contribution < 1.29 is 4.39 Å². The summed E-state index contributed by atoms with van der Waals surface area (Å²) in [5.74, 6) is -0.278. The van der Waals surface area contributed by atoms with Gasteiger partial charge in [-0.2, -0.15) is 5.26 Å². The molecule has 0 bridgehead atoms. The van der Waals surface area contributed by atoms with E-state index in [1.165, 1.54) is 12.1 Å². The van der Waals surface area contributed by atoms with Gasteiger partial charge in [-0.25, -0.2) is 4.39 Å². The van der Waals surface area contributed by atoms with Crippen LogP contribution in [0.5, 0.6) is 0 Å². The normalized spacial score (nSPS) is 19.4. The Hall–Kier alpha value is -1.44. The van der Waals surface area contributed by atoms with Crippen molar-refractivity contribution in [3.63, 3.8) is 0 Å². The molecule has 0 aliphatic carbocycles. The van der Waals surface area contributed by atoms with Crippen LogP contribution in [-0.4, -0.2) is 42.5 Å². The third kappa shape index (κ3) is 2.87. The molecule has 1 aliphatic rings. The van der Waals surface area contributed by atoms with E-state index in [2.05, 4.69) is 22.8 Å². The lowest BCUT2D eigenvalue weighted by molar-refractivity contribution is 0.118. The highest BCUT2D eigenvalue weighted by Crippen LogP contribution is 2.22. The molecule has 1 aromatic carbocycles. The number of hydrogen-bond acceptors (Lipinski definition) is 3. The van der Waals surface area contributed by atoms with Crippen molar-refractivity contribution in [1.82, 2.24) is 9.80 Å². The molecule has 4 heteroatoms. The molecule has 1 aromatic rings. The fourth-order valence-corrected chi connectivity index (χ4v) is 2.38. The Morgan fingerprint density at radius 2 is 2.06 bits per heavy atom. The second kappa shape index (κ2) is 5.94. The second-order valence-corrected chi connectivity index (χ2v) is 4.56. The smallest absolute Gasteiger partial charge is 0.124 e. The Labute approximate surface area is 107 Å². The third-order valence-electron chi connectivity index (χ3n) is 3.51. The fourth-order valence-electron chi connectivity index (χ4n) is 2.38. The van der Waals surface area contributed by atoms with Gasteiger partial charge in [-0.3, -0.25) is 4.90 Å². The molecule has 1 heterocycles. The molecule has 1 saturated heterocycles. The number of likely N-dealkylation sites (N-methyl/N-ethyl adjacent to an activating group) is 1. The second-order valence-electron chi connectivity index (χ2n) is 4.56. The molecule has 0 spiro atoms. The summed E-state index contributed by atoms with van der Waals surface area (Å²) in [7, 11) is 0. The van der Waals surface area contributed by atoms with Crippen LogP contribution in [0.2, 0.25) is 0 Å². The van der Waals surface area contributed by atoms with Crippen LogP contribution < -0.4 is 0 Å². The molecule has 0 radical (unpaired) electrons. The zero-order valence-electron chi connectivity index (χ0n) is 10.6. The van der Waals surface area contributed by atoms with E-state index < -0.39 is 0 Å². The van der Waals surface area contributed by atoms with Gasteiger partial charge in [0.1, 0.15) is 11.9 Å². The average Bonchev–Trinajstić information content (AvgIpc) is 2.40.